The van der Waals surface area contributed by atoms with Gasteiger partial charge in [-0.3, -0.25) is 4.72 Å². The van der Waals surface area contributed by atoms with Crippen LogP contribution in [0.3, 0.4) is 0 Å². The Labute approximate surface area is 99.1 Å². The van der Waals surface area contributed by atoms with E-state index in [1.54, 1.807) is 13.0 Å². The van der Waals surface area contributed by atoms with Gasteiger partial charge in [0.25, 0.3) is 0 Å². The lowest BCUT2D eigenvalue weighted by molar-refractivity contribution is 0.592. The molecule has 0 fully saturated rings. The first-order chi connectivity index (χ1) is 7.89. The monoisotopic (exact) mass is 257 g/mol. The van der Waals surface area contributed by atoms with Crippen molar-refractivity contribution in [2.75, 3.05) is 10.5 Å². The molecule has 0 bridgehead atoms. The van der Waals surface area contributed by atoms with Gasteiger partial charge in [0.15, 0.2) is 5.25 Å². The number of nitriles is 1. The Morgan fingerprint density at radius 3 is 2.65 bits per heavy atom. The molecule has 0 spiro atoms. The van der Waals surface area contributed by atoms with Gasteiger partial charge in [-0.1, -0.05) is 6.92 Å². The van der Waals surface area contributed by atoms with Crippen LogP contribution in [0.4, 0.5) is 15.8 Å². The van der Waals surface area contributed by atoms with E-state index >= 15 is 0 Å². The summed E-state index contributed by atoms with van der Waals surface area (Å²) in [6, 6.07) is 5.02. The topological polar surface area (TPSA) is 96.0 Å². The number of sulfonamides is 1. The third kappa shape index (κ3) is 3.32. The lowest BCUT2D eigenvalue weighted by atomic mass is 10.3. The number of nitrogens with zero attached hydrogens (tertiary/aromatic N) is 1. The molecule has 5 nitrogen and oxygen atoms in total. The van der Waals surface area contributed by atoms with Gasteiger partial charge < -0.3 is 5.73 Å². The molecule has 0 amide bonds. The molecule has 3 N–H and O–H groups in total. The quantitative estimate of drug-likeness (QED) is 0.798. The summed E-state index contributed by atoms with van der Waals surface area (Å²) in [6.07, 6.45) is 0.149. The molecular formula is C10H12FN3O2S. The van der Waals surface area contributed by atoms with Crippen LogP contribution < -0.4 is 10.5 Å². The zero-order valence-electron chi connectivity index (χ0n) is 9.14. The van der Waals surface area contributed by atoms with Gasteiger partial charge in [0, 0.05) is 5.69 Å². The van der Waals surface area contributed by atoms with Gasteiger partial charge in [0.2, 0.25) is 10.0 Å². The molecule has 1 rings (SSSR count). The van der Waals surface area contributed by atoms with Crippen LogP contribution in [0, 0.1) is 17.1 Å². The average Bonchev–Trinajstić information content (AvgIpc) is 2.15. The van der Waals surface area contributed by atoms with E-state index in [1.807, 2.05) is 0 Å². The van der Waals surface area contributed by atoms with Crippen LogP contribution in [-0.2, 0) is 10.0 Å². The van der Waals surface area contributed by atoms with Gasteiger partial charge in [-0.2, -0.15) is 5.26 Å². The second-order valence-corrected chi connectivity index (χ2v) is 5.31. The summed E-state index contributed by atoms with van der Waals surface area (Å²) >= 11 is 0. The highest BCUT2D eigenvalue weighted by Gasteiger charge is 2.23. The number of nitrogens with two attached hydrogens (primary N) is 1. The lowest BCUT2D eigenvalue weighted by Gasteiger charge is -2.11. The van der Waals surface area contributed by atoms with E-state index in [-0.39, 0.29) is 17.8 Å². The smallest absolute Gasteiger partial charge is 0.249 e. The van der Waals surface area contributed by atoms with Crippen LogP contribution in [0.5, 0.6) is 0 Å². The Morgan fingerprint density at radius 1 is 1.53 bits per heavy atom. The van der Waals surface area contributed by atoms with E-state index in [1.165, 1.54) is 6.07 Å². The van der Waals surface area contributed by atoms with Crippen LogP contribution in [0.2, 0.25) is 0 Å². The summed E-state index contributed by atoms with van der Waals surface area (Å²) < 4.78 is 38.5. The van der Waals surface area contributed by atoms with E-state index in [9.17, 15) is 12.8 Å². The summed E-state index contributed by atoms with van der Waals surface area (Å²) in [7, 11) is -3.84. The minimum absolute atomic E-state index is 0.0104. The van der Waals surface area contributed by atoms with Crippen molar-refractivity contribution in [1.29, 1.82) is 5.26 Å². The number of hydrogen-bond acceptors (Lipinski definition) is 4. The molecule has 1 aromatic carbocycles. The Balaban J connectivity index is 3.02. The second kappa shape index (κ2) is 5.01. The minimum atomic E-state index is -3.84. The van der Waals surface area contributed by atoms with E-state index < -0.39 is 21.1 Å². The van der Waals surface area contributed by atoms with Gasteiger partial charge in [0.1, 0.15) is 5.82 Å². The first-order valence-electron chi connectivity index (χ1n) is 4.86. The molecule has 7 heteroatoms. The van der Waals surface area contributed by atoms with Crippen molar-refractivity contribution in [3.8, 4) is 6.07 Å². The fraction of sp³-hybridized carbons (Fsp3) is 0.300. The standard InChI is InChI=1S/C10H12FN3O2S/c1-2-10(6-12)17(15,16)14-9-4-7(11)3-8(13)5-9/h3-5,10,14H,2,13H2,1H3. The molecule has 0 aliphatic carbocycles. The Morgan fingerprint density at radius 2 is 2.18 bits per heavy atom. The van der Waals surface area contributed by atoms with Crippen LogP contribution in [0.1, 0.15) is 13.3 Å². The van der Waals surface area contributed by atoms with Gasteiger partial charge in [-0.15, -0.1) is 0 Å². The highest BCUT2D eigenvalue weighted by atomic mass is 32.2. The van der Waals surface area contributed by atoms with Crippen LogP contribution in [-0.4, -0.2) is 13.7 Å². The Hall–Kier alpha value is -1.81. The molecule has 0 aliphatic heterocycles. The number of rotatable bonds is 4. The van der Waals surface area contributed by atoms with Gasteiger partial charge in [-0.05, 0) is 24.6 Å². The number of benzene rings is 1. The summed E-state index contributed by atoms with van der Waals surface area (Å²) in [5.41, 5.74) is 5.49. The third-order valence-corrected chi connectivity index (χ3v) is 3.78. The molecule has 1 aromatic rings. The normalized spacial score (nSPS) is 12.8. The maximum Gasteiger partial charge on any atom is 0.249 e. The van der Waals surface area contributed by atoms with Crippen molar-refractivity contribution in [2.24, 2.45) is 0 Å². The summed E-state index contributed by atoms with van der Waals surface area (Å²) in [6.45, 7) is 1.58. The van der Waals surface area contributed by atoms with E-state index in [2.05, 4.69) is 4.72 Å². The SMILES string of the molecule is CCC(C#N)S(=O)(=O)Nc1cc(N)cc(F)c1. The highest BCUT2D eigenvalue weighted by molar-refractivity contribution is 7.93. The lowest BCUT2D eigenvalue weighted by Crippen LogP contribution is -2.26. The summed E-state index contributed by atoms with van der Waals surface area (Å²) in [5, 5.41) is 7.51. The molecule has 17 heavy (non-hydrogen) atoms. The number of hydrogen-bond donors (Lipinski definition) is 2. The molecule has 0 aliphatic rings. The molecule has 0 heterocycles. The summed E-state index contributed by atoms with van der Waals surface area (Å²) in [4.78, 5) is 0. The van der Waals surface area contributed by atoms with E-state index in [0.717, 1.165) is 12.1 Å². The fourth-order valence-electron chi connectivity index (χ4n) is 1.29. The molecule has 0 aromatic heterocycles. The van der Waals surface area contributed by atoms with Gasteiger partial charge in [0.05, 0.1) is 11.8 Å². The Kier molecular flexibility index (Phi) is 3.91. The second-order valence-electron chi connectivity index (χ2n) is 3.45. The van der Waals surface area contributed by atoms with Crippen molar-refractivity contribution in [3.05, 3.63) is 24.0 Å². The predicted molar refractivity (Wildman–Crippen MR) is 63.0 cm³/mol. The van der Waals surface area contributed by atoms with Gasteiger partial charge >= 0.3 is 0 Å². The third-order valence-electron chi connectivity index (χ3n) is 2.07. The van der Waals surface area contributed by atoms with Crippen LogP contribution >= 0.6 is 0 Å². The van der Waals surface area contributed by atoms with Crippen molar-refractivity contribution in [1.82, 2.24) is 0 Å². The van der Waals surface area contributed by atoms with E-state index in [0.29, 0.717) is 0 Å². The molecule has 92 valence electrons. The van der Waals surface area contributed by atoms with Crippen LogP contribution in [0.15, 0.2) is 18.2 Å². The minimum Gasteiger partial charge on any atom is -0.399 e. The zero-order chi connectivity index (χ0) is 13.1. The van der Waals surface area contributed by atoms with Crippen LogP contribution in [0.25, 0.3) is 0 Å². The Bertz CT molecular complexity index is 531. The van der Waals surface area contributed by atoms with Crippen molar-refractivity contribution in [2.45, 2.75) is 18.6 Å². The fourth-order valence-corrected chi connectivity index (χ4v) is 2.45. The van der Waals surface area contributed by atoms with Crippen molar-refractivity contribution in [3.63, 3.8) is 0 Å². The van der Waals surface area contributed by atoms with Crippen molar-refractivity contribution >= 4 is 21.4 Å². The molecule has 0 radical (unpaired) electrons. The first-order valence-corrected chi connectivity index (χ1v) is 6.41. The average molecular weight is 257 g/mol. The number of nitrogen functional groups attached to an aromatic ring is 1. The predicted octanol–water partition coefficient (Wildman–Crippen LogP) is 1.45. The number of anilines is 2. The molecule has 1 unspecified atom stereocenters. The maximum absolute atomic E-state index is 13.0. The van der Waals surface area contributed by atoms with Gasteiger partial charge in [-0.25, -0.2) is 12.8 Å². The molecular weight excluding hydrogens is 245 g/mol. The summed E-state index contributed by atoms with van der Waals surface area (Å²) in [5.74, 6) is -0.646. The largest absolute Gasteiger partial charge is 0.399 e. The maximum atomic E-state index is 13.0. The number of halogens is 1. The number of nitrogens with one attached hydrogen (secondary N) is 1. The first kappa shape index (κ1) is 13.3. The highest BCUT2D eigenvalue weighted by Crippen LogP contribution is 2.18. The van der Waals surface area contributed by atoms with Crippen molar-refractivity contribution < 1.29 is 12.8 Å². The van der Waals surface area contributed by atoms with E-state index in [4.69, 9.17) is 11.0 Å². The zero-order valence-corrected chi connectivity index (χ0v) is 9.96. The molecule has 0 saturated carbocycles. The molecule has 1 atom stereocenters. The molecule has 0 saturated heterocycles.